The molecule has 1 aromatic heterocycles. The molecule has 6 rings (SSSR count). The predicted octanol–water partition coefficient (Wildman–Crippen LogP) is 9.25. The fourth-order valence-electron chi connectivity index (χ4n) is 7.45. The van der Waals surface area contributed by atoms with E-state index in [4.69, 9.17) is 0 Å². The topological polar surface area (TPSA) is 20.9 Å². The van der Waals surface area contributed by atoms with Gasteiger partial charge in [-0.1, -0.05) is 30.3 Å². The highest BCUT2D eigenvalue weighted by atomic mass is 19.2. The number of benzene rings is 5. The first kappa shape index (κ1) is 49.6. The number of ketones is 1. The van der Waals surface area contributed by atoms with Crippen LogP contribution in [0.15, 0.2) is 30.3 Å². The highest BCUT2D eigenvalue weighted by molar-refractivity contribution is 7.20. The van der Waals surface area contributed by atoms with Crippen molar-refractivity contribution in [3.05, 3.63) is 180 Å². The molecule has 0 unspecified atom stereocenters. The fourth-order valence-corrected chi connectivity index (χ4v) is 7.45. The van der Waals surface area contributed by atoms with Crippen LogP contribution in [-0.4, -0.2) is 11.9 Å². The first-order valence-corrected chi connectivity index (χ1v) is 17.9. The average molecular weight is 947 g/mol. The maximum atomic E-state index is 15.4. The zero-order valence-electron chi connectivity index (χ0n) is 33.1. The molecule has 0 N–H and O–H groups in total. The van der Waals surface area contributed by atoms with Gasteiger partial charge < -0.3 is 0 Å². The van der Waals surface area contributed by atoms with Gasteiger partial charge in [-0.15, -0.1) is 21.9 Å². The minimum Gasteiger partial charge on any atom is -0.287 e. The van der Waals surface area contributed by atoms with E-state index < -0.39 is 144 Å². The summed E-state index contributed by atoms with van der Waals surface area (Å²) in [5.74, 6) is -71.2. The van der Waals surface area contributed by atoms with Gasteiger partial charge in [-0.2, -0.15) is 4.57 Å². The highest BCUT2D eigenvalue weighted by Gasteiger charge is 2.52. The van der Waals surface area contributed by atoms with Crippen molar-refractivity contribution < 1.29 is 97.2 Å². The van der Waals surface area contributed by atoms with E-state index in [-0.39, 0.29) is 5.78 Å². The lowest BCUT2D eigenvalue weighted by Crippen LogP contribution is -2.81. The molecular weight excluding hydrogens is 925 g/mol. The Morgan fingerprint density at radius 3 is 0.800 bits per heavy atom. The van der Waals surface area contributed by atoms with Crippen LogP contribution in [0.4, 0.5) is 87.8 Å². The van der Waals surface area contributed by atoms with Crippen LogP contribution in [0.3, 0.4) is 0 Å². The first-order chi connectivity index (χ1) is 30.1. The van der Waals surface area contributed by atoms with Crippen molar-refractivity contribution in [2.24, 2.45) is 0 Å². The molecule has 0 saturated carbocycles. The van der Waals surface area contributed by atoms with Crippen LogP contribution in [-0.2, 0) is 6.54 Å². The summed E-state index contributed by atoms with van der Waals surface area (Å²) in [7, 11) is 0. The van der Waals surface area contributed by atoms with Crippen LogP contribution >= 0.6 is 0 Å². The van der Waals surface area contributed by atoms with Crippen LogP contribution in [0.2, 0.25) is 0 Å². The molecule has 0 fully saturated rings. The molecule has 0 aliphatic carbocycles. The van der Waals surface area contributed by atoms with Gasteiger partial charge in [0.05, 0.1) is 0 Å². The van der Waals surface area contributed by atoms with Crippen molar-refractivity contribution in [3.63, 3.8) is 0 Å². The van der Waals surface area contributed by atoms with Gasteiger partial charge in [-0.3, -0.25) is 4.79 Å². The van der Waals surface area contributed by atoms with E-state index in [1.807, 2.05) is 30.3 Å². The molecule has 0 saturated heterocycles. The standard InChI is InChI=1S/C24BF20.C18H22NO/c26-5-1(6(27)14(35)21(42)13(5)34)25(2-7(28)15(36)22(43)16(37)8(2)29,3-9(30)17(38)23(44)18(39)10(3)31)4-11(32)19(40)24(45)20(41)12(4)33;1-12-13(2)15(4)19(16(5)14(12)3)11-18(20)17-9-7-6-8-10-17/h;6-10H,11H2,1-5H3/q-1;+1. The van der Waals surface area contributed by atoms with Crippen LogP contribution in [0.1, 0.15) is 38.4 Å². The number of hydrogen-bond donors (Lipinski definition) is 0. The molecule has 6 aromatic rings. The molecule has 0 atom stereocenters. The molecule has 1 heterocycles. The highest BCUT2D eigenvalue weighted by Crippen LogP contribution is 2.31. The Labute approximate surface area is 352 Å². The number of Topliss-reactive ketones (excluding diaryl/α,β-unsaturated/α-hetero) is 1. The first-order valence-electron chi connectivity index (χ1n) is 17.9. The van der Waals surface area contributed by atoms with Crippen LogP contribution in [0.5, 0.6) is 0 Å². The second kappa shape index (κ2) is 17.9. The Balaban J connectivity index is 0.000000330. The summed E-state index contributed by atoms with van der Waals surface area (Å²) in [5.41, 5.74) is -7.34. The number of halogens is 20. The van der Waals surface area contributed by atoms with Gasteiger partial charge in [0.1, 0.15) is 52.7 Å². The summed E-state index contributed by atoms with van der Waals surface area (Å²) in [4.78, 5) is 12.4. The van der Waals surface area contributed by atoms with Crippen LogP contribution in [0, 0.1) is 151 Å². The third-order valence-electron chi connectivity index (χ3n) is 11.1. The summed E-state index contributed by atoms with van der Waals surface area (Å²) in [5, 5.41) is 0. The van der Waals surface area contributed by atoms with Crippen molar-refractivity contribution in [2.45, 2.75) is 41.2 Å². The van der Waals surface area contributed by atoms with Crippen molar-refractivity contribution in [3.8, 4) is 0 Å². The summed E-state index contributed by atoms with van der Waals surface area (Å²) in [6.45, 7) is 11.0. The van der Waals surface area contributed by atoms with Crippen LogP contribution in [0.25, 0.3) is 0 Å². The van der Waals surface area contributed by atoms with E-state index in [1.54, 1.807) is 0 Å². The molecule has 0 bridgehead atoms. The molecule has 0 radical (unpaired) electrons. The third-order valence-corrected chi connectivity index (χ3v) is 11.1. The summed E-state index contributed by atoms with van der Waals surface area (Å²) < 4.78 is 296. The average Bonchev–Trinajstić information content (AvgIpc) is 3.29. The van der Waals surface area contributed by atoms with E-state index in [0.717, 1.165) is 5.56 Å². The summed E-state index contributed by atoms with van der Waals surface area (Å²) in [6, 6.07) is 9.50. The maximum absolute atomic E-state index is 15.4. The van der Waals surface area contributed by atoms with Crippen LogP contribution < -0.4 is 26.4 Å². The van der Waals surface area contributed by atoms with Gasteiger partial charge in [0, 0.05) is 30.5 Å². The molecule has 23 heteroatoms. The van der Waals surface area contributed by atoms with E-state index >= 15 is 35.1 Å². The zero-order valence-corrected chi connectivity index (χ0v) is 33.1. The largest absolute Gasteiger partial charge is 0.287 e. The van der Waals surface area contributed by atoms with Gasteiger partial charge in [0.15, 0.2) is 81.2 Å². The molecule has 0 aliphatic rings. The number of rotatable bonds is 7. The van der Waals surface area contributed by atoms with Gasteiger partial charge >= 0.3 is 0 Å². The smallest absolute Gasteiger partial charge is 0.227 e. The van der Waals surface area contributed by atoms with E-state index in [9.17, 15) is 57.5 Å². The van der Waals surface area contributed by atoms with Crippen molar-refractivity contribution >= 4 is 33.8 Å². The number of nitrogens with zero attached hydrogens (tertiary/aromatic N) is 1. The lowest BCUT2D eigenvalue weighted by molar-refractivity contribution is -0.695. The van der Waals surface area contributed by atoms with Crippen molar-refractivity contribution in [2.75, 3.05) is 0 Å². The summed E-state index contributed by atoms with van der Waals surface area (Å²) in [6.07, 6.45) is -7.22. The molecule has 0 aliphatic heterocycles. The minimum absolute atomic E-state index is 0.157. The minimum atomic E-state index is -7.22. The molecule has 2 nitrogen and oxygen atoms in total. The molecule has 0 amide bonds. The number of carbonyl (C=O) groups excluding carboxylic acids is 1. The van der Waals surface area contributed by atoms with Gasteiger partial charge in [-0.05, 0) is 26.3 Å². The lowest BCUT2D eigenvalue weighted by atomic mass is 9.12. The molecular formula is C42H22BF20NO. The molecule has 5 aromatic carbocycles. The van der Waals surface area contributed by atoms with Crippen molar-refractivity contribution in [1.82, 2.24) is 0 Å². The number of carbonyl (C=O) groups is 1. The molecule has 344 valence electrons. The maximum Gasteiger partial charge on any atom is 0.227 e. The van der Waals surface area contributed by atoms with E-state index in [2.05, 4.69) is 39.2 Å². The van der Waals surface area contributed by atoms with Gasteiger partial charge in [-0.25, -0.2) is 87.8 Å². The van der Waals surface area contributed by atoms with Crippen molar-refractivity contribution in [1.29, 1.82) is 0 Å². The Hall–Kier alpha value is -6.42. The lowest BCUT2D eigenvalue weighted by Gasteiger charge is -2.44. The second-order valence-electron chi connectivity index (χ2n) is 14.2. The summed E-state index contributed by atoms with van der Waals surface area (Å²) >= 11 is 0. The van der Waals surface area contributed by atoms with Gasteiger partial charge in [0.25, 0.3) is 0 Å². The normalized spacial score (nSPS) is 11.6. The Morgan fingerprint density at radius 2 is 0.569 bits per heavy atom. The zero-order chi connectivity index (χ0) is 49.2. The van der Waals surface area contributed by atoms with Gasteiger partial charge in [0.2, 0.25) is 12.3 Å². The number of aromatic nitrogens is 1. The molecule has 0 spiro atoms. The molecule has 65 heavy (non-hydrogen) atoms. The van der Waals surface area contributed by atoms with E-state index in [1.165, 1.54) is 28.1 Å². The second-order valence-corrected chi connectivity index (χ2v) is 14.2. The predicted molar refractivity (Wildman–Crippen MR) is 190 cm³/mol. The van der Waals surface area contributed by atoms with E-state index in [0.29, 0.717) is 6.54 Å². The third kappa shape index (κ3) is 7.54. The SMILES string of the molecule is Cc1c(C)c(C)[n+](CC(=O)c2ccccc2)c(C)c1C.Fc1c(F)c(F)c([B-](c2c(F)c(F)c(F)c(F)c2F)(c2c(F)c(F)c(F)c(F)c2F)c2c(F)c(F)c(F)c(F)c2F)c(F)c1F. The monoisotopic (exact) mass is 947 g/mol. The Kier molecular flexibility index (Phi) is 13.6. The number of pyridine rings is 1. The number of hydrogen-bond acceptors (Lipinski definition) is 1. The quantitative estimate of drug-likeness (QED) is 0.0391. The fraction of sp³-hybridized carbons (Fsp3) is 0.143. The Bertz CT molecular complexity index is 2570. The Morgan fingerprint density at radius 1 is 0.354 bits per heavy atom.